The molecule has 0 aromatic carbocycles. The minimum absolute atomic E-state index is 0.0185. The molecule has 0 spiro atoms. The Morgan fingerprint density at radius 3 is 1.51 bits per heavy atom. The van der Waals surface area contributed by atoms with Crippen molar-refractivity contribution in [1.82, 2.24) is 53.5 Å². The van der Waals surface area contributed by atoms with E-state index in [1.165, 1.54) is 6.92 Å². The number of hydrogen-bond acceptors (Lipinski definition) is 31. The highest BCUT2D eigenvalue weighted by atomic mass is 16.8. The molecule has 9 amide bonds. The van der Waals surface area contributed by atoms with Crippen molar-refractivity contribution in [3.63, 3.8) is 0 Å². The molecular weight excluding hydrogens is 1310 g/mol. The number of rotatable bonds is 56. The summed E-state index contributed by atoms with van der Waals surface area (Å²) < 4.78 is 34.0. The SMILES string of the molecule is CC(=O)NC(OCCCCC(=O)NCCCNC(=O)CCOCC(COCCC(=O)NCCCNO[C@@H]1OC2CC(O)C[C@H](O)C(O)C21NC(C)=O)(COCCC(=O)NCCCNC(=O)CCCCOC(O)C(O)(CO)CO)NC(=O)CONC(=O)CON)C(O)C(O)(CO)C(C)O. The summed E-state index contributed by atoms with van der Waals surface area (Å²) in [6.07, 6.45) is -11.1. The lowest BCUT2D eigenvalue weighted by Gasteiger charge is -2.56. The first-order valence-electron chi connectivity index (χ1n) is 32.4. The number of carbonyl (C=O) groups is 9. The lowest BCUT2D eigenvalue weighted by atomic mass is 9.78. The third kappa shape index (κ3) is 33.2. The first-order chi connectivity index (χ1) is 46.6. The van der Waals surface area contributed by atoms with Crippen molar-refractivity contribution in [3.05, 3.63) is 0 Å². The highest BCUT2D eigenvalue weighted by Crippen LogP contribution is 2.43. The Balaban J connectivity index is 2.01. The first kappa shape index (κ1) is 88.4. The van der Waals surface area contributed by atoms with E-state index in [1.54, 1.807) is 0 Å². The molecule has 568 valence electrons. The van der Waals surface area contributed by atoms with Crippen LogP contribution in [0.25, 0.3) is 0 Å². The lowest BCUT2D eigenvalue weighted by Crippen LogP contribution is -2.80. The Kier molecular flexibility index (Phi) is 43.5. The van der Waals surface area contributed by atoms with Crippen molar-refractivity contribution in [2.45, 2.75) is 188 Å². The standard InChI is InChI=1S/C58H107N11O29/c1-37(73)57(89,33-72)51(86)52(66-38(2)74)93-22-6-4-11-43(78)60-16-8-18-62-45(80)13-24-90-34-55(68-48(83)30-96-69-49(84)29-95-59,35-91-25-14-46(81)63-19-9-17-61-44(79)12-5-7-23-94-53(87)56(88,31-70)32-71)36-92-26-15-47(82)64-20-10-21-65-98-54-58(67-39(3)75)42(97-54)28-40(76)27-41(77)50(58)85/h37,40-42,50-54,65,70-73,76-77,85-89H,4-36,59H2,1-3H3,(H,60,78)(H,61,79)(H,62,80)(H,63,81)(H,64,82)(H,66,74)(H,67,75)(H,68,83)(H,69,84)/t37?,40?,41-,42?,50?,51?,52?,53?,54-,55?,57?,58?/m0/s1. The Labute approximate surface area is 566 Å². The van der Waals surface area contributed by atoms with Crippen molar-refractivity contribution < 1.29 is 142 Å². The minimum Gasteiger partial charge on any atom is -0.393 e. The number of nitrogens with one attached hydrogen (secondary N) is 10. The number of hydroxylamine groups is 2. The number of fused-ring (bicyclic) bond motifs is 1. The molecule has 2 fully saturated rings. The Morgan fingerprint density at radius 1 is 0.582 bits per heavy atom. The molecule has 40 nitrogen and oxygen atoms in total. The third-order valence-electron chi connectivity index (χ3n) is 15.3. The zero-order chi connectivity index (χ0) is 73.2. The highest BCUT2D eigenvalue weighted by Gasteiger charge is 2.66. The Morgan fingerprint density at radius 2 is 1.06 bits per heavy atom. The van der Waals surface area contributed by atoms with Crippen LogP contribution in [-0.4, -0.2) is 312 Å². The predicted molar refractivity (Wildman–Crippen MR) is 334 cm³/mol. The number of aliphatic hydroxyl groups excluding tert-OH is 9. The summed E-state index contributed by atoms with van der Waals surface area (Å²) in [6.45, 7) is -1.81. The van der Waals surface area contributed by atoms with Crippen LogP contribution in [0.2, 0.25) is 0 Å². The molecule has 40 heteroatoms. The molecule has 1 aliphatic carbocycles. The first-order valence-corrected chi connectivity index (χ1v) is 32.4. The van der Waals surface area contributed by atoms with Crippen LogP contribution in [0.1, 0.15) is 111 Å². The number of carbonyl (C=O) groups excluding carboxylic acids is 9. The van der Waals surface area contributed by atoms with Crippen LogP contribution < -0.4 is 59.4 Å². The van der Waals surface area contributed by atoms with E-state index in [4.69, 9.17) is 54.2 Å². The second kappa shape index (κ2) is 48.2. The Bertz CT molecular complexity index is 2380. The van der Waals surface area contributed by atoms with Gasteiger partial charge >= 0.3 is 0 Å². The summed E-state index contributed by atoms with van der Waals surface area (Å²) in [4.78, 5) is 128. The number of nitrogens with two attached hydrogens (primary N) is 1. The molecule has 2 aliphatic rings. The van der Waals surface area contributed by atoms with Crippen LogP contribution in [0.15, 0.2) is 0 Å². The zero-order valence-electron chi connectivity index (χ0n) is 55.9. The van der Waals surface area contributed by atoms with Gasteiger partial charge in [0.2, 0.25) is 53.5 Å². The maximum atomic E-state index is 13.4. The molecule has 2 rings (SSSR count). The van der Waals surface area contributed by atoms with Gasteiger partial charge in [0.15, 0.2) is 24.7 Å². The fourth-order valence-electron chi connectivity index (χ4n) is 9.64. The van der Waals surface area contributed by atoms with Gasteiger partial charge in [-0.2, -0.15) is 5.48 Å². The topological polar surface area (TPSA) is 606 Å². The van der Waals surface area contributed by atoms with Crippen LogP contribution in [0.3, 0.4) is 0 Å². The average Bonchev–Trinajstić information content (AvgIpc) is 1.24. The van der Waals surface area contributed by atoms with E-state index in [2.05, 4.69) is 52.9 Å². The van der Waals surface area contributed by atoms with Gasteiger partial charge in [0.05, 0.1) is 83.9 Å². The van der Waals surface area contributed by atoms with Crippen LogP contribution in [0, 0.1) is 0 Å². The lowest BCUT2D eigenvalue weighted by molar-refractivity contribution is -0.360. The third-order valence-corrected chi connectivity index (χ3v) is 15.3. The van der Waals surface area contributed by atoms with E-state index < -0.39 is 172 Å². The smallest absolute Gasteiger partial charge is 0.271 e. The summed E-state index contributed by atoms with van der Waals surface area (Å²) in [5.74, 6) is 0.154. The van der Waals surface area contributed by atoms with Crippen molar-refractivity contribution in [2.24, 2.45) is 5.90 Å². The molecule has 1 saturated carbocycles. The summed E-state index contributed by atoms with van der Waals surface area (Å²) in [5.41, 5.74) is -3.17. The molecule has 1 heterocycles. The molecule has 1 aliphatic heterocycles. The van der Waals surface area contributed by atoms with E-state index in [9.17, 15) is 89.1 Å². The van der Waals surface area contributed by atoms with Gasteiger partial charge in [0.1, 0.15) is 35.5 Å². The van der Waals surface area contributed by atoms with E-state index in [-0.39, 0.29) is 135 Å². The summed E-state index contributed by atoms with van der Waals surface area (Å²) in [6, 6.07) is 0. The van der Waals surface area contributed by atoms with E-state index in [1.807, 2.05) is 5.48 Å². The molecule has 0 radical (unpaired) electrons. The van der Waals surface area contributed by atoms with Crippen LogP contribution in [0.5, 0.6) is 0 Å². The molecule has 23 N–H and O–H groups in total. The number of unbranched alkanes of at least 4 members (excludes halogenated alkanes) is 2. The van der Waals surface area contributed by atoms with E-state index >= 15 is 0 Å². The van der Waals surface area contributed by atoms with Gasteiger partial charge in [-0.1, -0.05) is 0 Å². The largest absolute Gasteiger partial charge is 0.393 e. The van der Waals surface area contributed by atoms with Crippen molar-refractivity contribution in [1.29, 1.82) is 0 Å². The monoisotopic (exact) mass is 1420 g/mol. The fourth-order valence-corrected chi connectivity index (χ4v) is 9.64. The maximum absolute atomic E-state index is 13.4. The number of hydrogen-bond donors (Lipinski definition) is 22. The number of aliphatic hydroxyl groups is 11. The zero-order valence-corrected chi connectivity index (χ0v) is 55.9. The van der Waals surface area contributed by atoms with Gasteiger partial charge in [-0.25, -0.2) is 11.4 Å². The van der Waals surface area contributed by atoms with Gasteiger partial charge in [0.25, 0.3) is 5.91 Å². The predicted octanol–water partition coefficient (Wildman–Crippen LogP) is -9.92. The molecule has 10 unspecified atom stereocenters. The summed E-state index contributed by atoms with van der Waals surface area (Å²) >= 11 is 0. The molecule has 1 saturated heterocycles. The van der Waals surface area contributed by atoms with E-state index in [0.29, 0.717) is 38.5 Å². The van der Waals surface area contributed by atoms with Gasteiger partial charge in [0, 0.05) is 111 Å². The number of ether oxygens (including phenoxy) is 6. The maximum Gasteiger partial charge on any atom is 0.271 e. The molecule has 98 heavy (non-hydrogen) atoms. The van der Waals surface area contributed by atoms with Crippen LogP contribution in [-0.2, 0) is 86.1 Å². The van der Waals surface area contributed by atoms with E-state index in [0.717, 1.165) is 13.8 Å². The second-order valence-electron chi connectivity index (χ2n) is 23.7. The van der Waals surface area contributed by atoms with Gasteiger partial charge in [-0.15, -0.1) is 0 Å². The van der Waals surface area contributed by atoms with Crippen molar-refractivity contribution >= 4 is 53.2 Å². The quantitative estimate of drug-likeness (QED) is 0.0153. The minimum atomic E-state index is -2.40. The van der Waals surface area contributed by atoms with Crippen molar-refractivity contribution in [3.8, 4) is 0 Å². The molecule has 0 aromatic rings. The van der Waals surface area contributed by atoms with Crippen molar-refractivity contribution in [2.75, 3.05) is 125 Å². The Hall–Kier alpha value is -5.65. The van der Waals surface area contributed by atoms with Crippen LogP contribution >= 0.6 is 0 Å². The van der Waals surface area contributed by atoms with Gasteiger partial charge in [-0.05, 0) is 51.9 Å². The fraction of sp³-hybridized carbons (Fsp3) is 0.845. The molecule has 0 bridgehead atoms. The molecule has 0 aromatic heterocycles. The summed E-state index contributed by atoms with van der Waals surface area (Å²) in [5, 5.41) is 131. The molecule has 12 atom stereocenters. The summed E-state index contributed by atoms with van der Waals surface area (Å²) in [7, 11) is 0. The van der Waals surface area contributed by atoms with Gasteiger partial charge < -0.3 is 127 Å². The molecular formula is C58H107N11O29. The van der Waals surface area contributed by atoms with Crippen LogP contribution in [0.4, 0.5) is 0 Å². The number of amides is 9. The highest BCUT2D eigenvalue weighted by molar-refractivity contribution is 5.80. The normalized spacial score (nSPS) is 20.8. The second-order valence-corrected chi connectivity index (χ2v) is 23.7. The van der Waals surface area contributed by atoms with Gasteiger partial charge in [-0.3, -0.25) is 57.7 Å². The average molecular weight is 1420 g/mol.